The molecule has 0 aliphatic rings. The van der Waals surface area contributed by atoms with Gasteiger partial charge in [0.1, 0.15) is 0 Å². The van der Waals surface area contributed by atoms with Crippen molar-refractivity contribution >= 4 is 6.21 Å². The van der Waals surface area contributed by atoms with Gasteiger partial charge in [-0.15, -0.1) is 0 Å². The molecule has 0 atom stereocenters. The van der Waals surface area contributed by atoms with Crippen molar-refractivity contribution in [2.45, 2.75) is 34.6 Å². The summed E-state index contributed by atoms with van der Waals surface area (Å²) >= 11 is 0. The predicted molar refractivity (Wildman–Crippen MR) is 56.5 cm³/mol. The van der Waals surface area contributed by atoms with Crippen molar-refractivity contribution in [3.63, 3.8) is 0 Å². The Balaban J connectivity index is 4.29. The van der Waals surface area contributed by atoms with Gasteiger partial charge in [0, 0.05) is 12.4 Å². The molecule has 0 radical (unpaired) electrons. The summed E-state index contributed by atoms with van der Waals surface area (Å²) in [6, 6.07) is 0. The van der Waals surface area contributed by atoms with Crippen molar-refractivity contribution in [2.24, 2.45) is 10.4 Å². The monoisotopic (exact) mass is 165 g/mol. The van der Waals surface area contributed by atoms with Crippen LogP contribution < -0.4 is 0 Å². The van der Waals surface area contributed by atoms with Crippen LogP contribution in [0.25, 0.3) is 0 Å². The van der Waals surface area contributed by atoms with Gasteiger partial charge < -0.3 is 0 Å². The molecule has 68 valence electrons. The fourth-order valence-electron chi connectivity index (χ4n) is 0.470. The summed E-state index contributed by atoms with van der Waals surface area (Å²) in [5.74, 6) is 0. The standard InChI is InChI=1S/C11H19N/c1-9(2)7-12-8-10(3)11(4,5)6/h7-8H,1H2,2-6H3/b10-8+,12-7?. The molecule has 0 unspecified atom stereocenters. The van der Waals surface area contributed by atoms with Gasteiger partial charge in [-0.05, 0) is 30.4 Å². The number of rotatable bonds is 2. The van der Waals surface area contributed by atoms with E-state index in [0.29, 0.717) is 0 Å². The average molecular weight is 165 g/mol. The first-order valence-corrected chi connectivity index (χ1v) is 4.20. The molecule has 0 aliphatic heterocycles. The van der Waals surface area contributed by atoms with Crippen LogP contribution in [0.15, 0.2) is 28.9 Å². The molecule has 1 heteroatoms. The van der Waals surface area contributed by atoms with Gasteiger partial charge in [0.05, 0.1) is 0 Å². The highest BCUT2D eigenvalue weighted by Crippen LogP contribution is 2.23. The number of allylic oxidation sites excluding steroid dienone is 2. The van der Waals surface area contributed by atoms with E-state index in [4.69, 9.17) is 0 Å². The molecule has 0 saturated heterocycles. The Kier molecular flexibility index (Phi) is 3.94. The van der Waals surface area contributed by atoms with Gasteiger partial charge in [0.15, 0.2) is 0 Å². The van der Waals surface area contributed by atoms with E-state index in [1.54, 1.807) is 6.21 Å². The summed E-state index contributed by atoms with van der Waals surface area (Å²) in [5.41, 5.74) is 2.47. The first kappa shape index (κ1) is 11.2. The number of hydrogen-bond donors (Lipinski definition) is 0. The van der Waals surface area contributed by atoms with Crippen molar-refractivity contribution in [1.82, 2.24) is 0 Å². The summed E-state index contributed by atoms with van der Waals surface area (Å²) in [4.78, 5) is 4.15. The Morgan fingerprint density at radius 3 is 2.08 bits per heavy atom. The highest BCUT2D eigenvalue weighted by Gasteiger charge is 2.11. The molecule has 0 heterocycles. The van der Waals surface area contributed by atoms with Crippen LogP contribution in [0.4, 0.5) is 0 Å². The van der Waals surface area contributed by atoms with Crippen LogP contribution in [0, 0.1) is 5.41 Å². The topological polar surface area (TPSA) is 12.4 Å². The normalized spacial score (nSPS) is 13.9. The second-order valence-electron chi connectivity index (χ2n) is 4.19. The van der Waals surface area contributed by atoms with Crippen LogP contribution in [0.2, 0.25) is 0 Å². The van der Waals surface area contributed by atoms with E-state index in [-0.39, 0.29) is 5.41 Å². The highest BCUT2D eigenvalue weighted by molar-refractivity contribution is 5.77. The van der Waals surface area contributed by atoms with E-state index >= 15 is 0 Å². The zero-order chi connectivity index (χ0) is 9.78. The lowest BCUT2D eigenvalue weighted by atomic mass is 9.88. The quantitative estimate of drug-likeness (QED) is 0.554. The van der Waals surface area contributed by atoms with E-state index in [1.165, 1.54) is 5.57 Å². The van der Waals surface area contributed by atoms with Gasteiger partial charge in [-0.1, -0.05) is 27.4 Å². The minimum Gasteiger partial charge on any atom is -0.265 e. The molecule has 0 aromatic rings. The van der Waals surface area contributed by atoms with Gasteiger partial charge in [-0.3, -0.25) is 4.99 Å². The van der Waals surface area contributed by atoms with Crippen LogP contribution in [0.3, 0.4) is 0 Å². The van der Waals surface area contributed by atoms with Crippen LogP contribution in [0.1, 0.15) is 34.6 Å². The van der Waals surface area contributed by atoms with Crippen LogP contribution in [0.5, 0.6) is 0 Å². The molecular weight excluding hydrogens is 146 g/mol. The second kappa shape index (κ2) is 4.24. The maximum atomic E-state index is 4.15. The molecule has 1 nitrogen and oxygen atoms in total. The van der Waals surface area contributed by atoms with E-state index in [2.05, 4.69) is 39.3 Å². The molecule has 0 N–H and O–H groups in total. The SMILES string of the molecule is C=C(C)C=N/C=C(\C)C(C)(C)C. The minimum absolute atomic E-state index is 0.215. The molecule has 0 rings (SSSR count). The third kappa shape index (κ3) is 4.89. The van der Waals surface area contributed by atoms with Crippen molar-refractivity contribution in [3.8, 4) is 0 Å². The molecule has 0 saturated carbocycles. The highest BCUT2D eigenvalue weighted by atomic mass is 14.7. The lowest BCUT2D eigenvalue weighted by molar-refractivity contribution is 0.503. The maximum absolute atomic E-state index is 4.15. The average Bonchev–Trinajstić information content (AvgIpc) is 1.84. The van der Waals surface area contributed by atoms with Crippen LogP contribution in [-0.4, -0.2) is 6.21 Å². The molecule has 0 fully saturated rings. The second-order valence-corrected chi connectivity index (χ2v) is 4.19. The van der Waals surface area contributed by atoms with E-state index < -0.39 is 0 Å². The van der Waals surface area contributed by atoms with Gasteiger partial charge in [-0.2, -0.15) is 0 Å². The zero-order valence-corrected chi connectivity index (χ0v) is 8.81. The van der Waals surface area contributed by atoms with E-state index in [1.807, 2.05) is 13.1 Å². The molecule has 12 heavy (non-hydrogen) atoms. The first-order chi connectivity index (χ1) is 5.34. The van der Waals surface area contributed by atoms with Gasteiger partial charge in [-0.25, -0.2) is 0 Å². The van der Waals surface area contributed by atoms with Crippen molar-refractivity contribution in [1.29, 1.82) is 0 Å². The Morgan fingerprint density at radius 1 is 1.25 bits per heavy atom. The fraction of sp³-hybridized carbons (Fsp3) is 0.545. The van der Waals surface area contributed by atoms with Crippen molar-refractivity contribution in [2.75, 3.05) is 0 Å². The summed E-state index contributed by atoms with van der Waals surface area (Å²) in [6.45, 7) is 14.3. The smallest absolute Gasteiger partial charge is 0.0291 e. The summed E-state index contributed by atoms with van der Waals surface area (Å²) in [6.07, 6.45) is 3.67. The molecule has 0 aromatic heterocycles. The third-order valence-corrected chi connectivity index (χ3v) is 1.75. The Hall–Kier alpha value is -0.850. The summed E-state index contributed by atoms with van der Waals surface area (Å²) in [7, 11) is 0. The Labute approximate surface area is 75.9 Å². The predicted octanol–water partition coefficient (Wildman–Crippen LogP) is 3.58. The Bertz CT molecular complexity index is 214. The summed E-state index contributed by atoms with van der Waals surface area (Å²) in [5, 5.41) is 0. The van der Waals surface area contributed by atoms with Gasteiger partial charge >= 0.3 is 0 Å². The number of aliphatic imine (C=N–C) groups is 1. The van der Waals surface area contributed by atoms with E-state index in [9.17, 15) is 0 Å². The molecule has 0 aliphatic carbocycles. The molecule has 0 amide bonds. The number of hydrogen-bond acceptors (Lipinski definition) is 1. The van der Waals surface area contributed by atoms with Crippen molar-refractivity contribution < 1.29 is 0 Å². The minimum atomic E-state index is 0.215. The zero-order valence-electron chi connectivity index (χ0n) is 8.81. The van der Waals surface area contributed by atoms with Gasteiger partial charge in [0.2, 0.25) is 0 Å². The lowest BCUT2D eigenvalue weighted by Gasteiger charge is -2.18. The first-order valence-electron chi connectivity index (χ1n) is 4.20. The third-order valence-electron chi connectivity index (χ3n) is 1.75. The molecule has 0 spiro atoms. The fourth-order valence-corrected chi connectivity index (χ4v) is 0.470. The largest absolute Gasteiger partial charge is 0.265 e. The number of nitrogens with zero attached hydrogens (tertiary/aromatic N) is 1. The van der Waals surface area contributed by atoms with Crippen molar-refractivity contribution in [3.05, 3.63) is 23.9 Å². The summed E-state index contributed by atoms with van der Waals surface area (Å²) < 4.78 is 0. The van der Waals surface area contributed by atoms with Crippen LogP contribution in [-0.2, 0) is 0 Å². The van der Waals surface area contributed by atoms with Crippen LogP contribution >= 0.6 is 0 Å². The van der Waals surface area contributed by atoms with Gasteiger partial charge in [0.25, 0.3) is 0 Å². The molecular formula is C11H19N. The Morgan fingerprint density at radius 2 is 1.75 bits per heavy atom. The maximum Gasteiger partial charge on any atom is 0.0291 e. The molecule has 0 aromatic carbocycles. The lowest BCUT2D eigenvalue weighted by Crippen LogP contribution is -2.05. The van der Waals surface area contributed by atoms with E-state index in [0.717, 1.165) is 5.57 Å². The molecule has 0 bridgehead atoms.